The molecule has 0 spiro atoms. The highest BCUT2D eigenvalue weighted by molar-refractivity contribution is 7.91. The smallest absolute Gasteiger partial charge is 0.410 e. The summed E-state index contributed by atoms with van der Waals surface area (Å²) in [7, 11) is -3.81. The molecule has 4 atom stereocenters. The van der Waals surface area contributed by atoms with Gasteiger partial charge in [0.1, 0.15) is 17.7 Å². The Morgan fingerprint density at radius 2 is 1.74 bits per heavy atom. The quantitative estimate of drug-likeness (QED) is 0.507. The summed E-state index contributed by atoms with van der Waals surface area (Å²) in [6, 6.07) is 6.86. The highest BCUT2D eigenvalue weighted by Gasteiger charge is 2.62. The van der Waals surface area contributed by atoms with E-state index < -0.39 is 50.9 Å². The normalized spacial score (nSPS) is 29.9. The molecule has 4 unspecified atom stereocenters. The number of hydrogen-bond donors (Lipinski definition) is 2. The van der Waals surface area contributed by atoms with Crippen LogP contribution in [0.2, 0.25) is 0 Å². The predicted molar refractivity (Wildman–Crippen MR) is 152 cm³/mol. The van der Waals surface area contributed by atoms with Gasteiger partial charge in [0.25, 0.3) is 5.91 Å². The second-order valence-corrected chi connectivity index (χ2v) is 14.2. The fourth-order valence-electron chi connectivity index (χ4n) is 6.35. The van der Waals surface area contributed by atoms with Crippen molar-refractivity contribution in [2.75, 3.05) is 6.54 Å². The Bertz CT molecular complexity index is 1380. The molecule has 4 amide bonds. The van der Waals surface area contributed by atoms with Crippen LogP contribution in [0.1, 0.15) is 75.3 Å². The van der Waals surface area contributed by atoms with Crippen LogP contribution in [0.25, 0.3) is 0 Å². The summed E-state index contributed by atoms with van der Waals surface area (Å²) in [5, 5.41) is 2.26. The standard InChI is InChI=1S/C30H38N4O7S/c35-26-12-6-4-2-1-3-5-11-22-16-30(22,28(37)32-42(39,40)24-13-14-24)31-27(36)25-15-23(19-34(25)26)41-29(38)33-17-20-9-7-8-10-21(20)18-33/h5,7-11,22-25H,1-4,6,12-19H2,(H,31,36)(H,32,37). The first-order chi connectivity index (χ1) is 20.2. The second kappa shape index (κ2) is 11.3. The van der Waals surface area contributed by atoms with Crippen molar-refractivity contribution in [2.24, 2.45) is 5.92 Å². The van der Waals surface area contributed by atoms with E-state index in [1.807, 2.05) is 36.4 Å². The number of fused-ring (bicyclic) bond motifs is 3. The lowest BCUT2D eigenvalue weighted by Crippen LogP contribution is -2.56. The maximum absolute atomic E-state index is 13.8. The van der Waals surface area contributed by atoms with Crippen molar-refractivity contribution in [3.05, 3.63) is 47.5 Å². The van der Waals surface area contributed by atoms with Crippen molar-refractivity contribution >= 4 is 33.8 Å². The van der Waals surface area contributed by atoms with Crippen LogP contribution in [0.5, 0.6) is 0 Å². The fourth-order valence-corrected chi connectivity index (χ4v) is 7.71. The zero-order valence-electron chi connectivity index (χ0n) is 23.6. The molecule has 42 heavy (non-hydrogen) atoms. The molecule has 3 fully saturated rings. The summed E-state index contributed by atoms with van der Waals surface area (Å²) in [5.41, 5.74) is 0.715. The lowest BCUT2D eigenvalue weighted by atomic mass is 10.1. The van der Waals surface area contributed by atoms with Crippen LogP contribution >= 0.6 is 0 Å². The summed E-state index contributed by atoms with van der Waals surface area (Å²) >= 11 is 0. The van der Waals surface area contributed by atoms with Crippen LogP contribution in [0.15, 0.2) is 36.4 Å². The first-order valence-corrected chi connectivity index (χ1v) is 16.6. The van der Waals surface area contributed by atoms with Gasteiger partial charge in [-0.15, -0.1) is 0 Å². The molecule has 6 rings (SSSR count). The molecule has 0 aromatic heterocycles. The molecule has 1 aromatic carbocycles. The molecule has 2 saturated carbocycles. The minimum absolute atomic E-state index is 0.0854. The molecule has 1 aromatic rings. The molecule has 12 heteroatoms. The molecule has 2 N–H and O–H groups in total. The van der Waals surface area contributed by atoms with E-state index in [0.29, 0.717) is 32.4 Å². The molecule has 3 aliphatic heterocycles. The number of sulfonamides is 1. The number of ether oxygens (including phenoxy) is 1. The fraction of sp³-hybridized carbons (Fsp3) is 0.600. The minimum atomic E-state index is -3.81. The summed E-state index contributed by atoms with van der Waals surface area (Å²) in [4.78, 5) is 56.6. The van der Waals surface area contributed by atoms with Crippen LogP contribution in [0.3, 0.4) is 0 Å². The third-order valence-corrected chi connectivity index (χ3v) is 10.9. The number of amides is 4. The number of carbonyl (C=O) groups excluding carboxylic acids is 4. The van der Waals surface area contributed by atoms with Crippen LogP contribution in [0, 0.1) is 5.92 Å². The second-order valence-electron chi connectivity index (χ2n) is 12.3. The average molecular weight is 599 g/mol. The third-order valence-electron chi connectivity index (χ3n) is 9.10. The zero-order chi connectivity index (χ0) is 29.5. The van der Waals surface area contributed by atoms with Crippen molar-refractivity contribution in [1.82, 2.24) is 19.8 Å². The van der Waals surface area contributed by atoms with Gasteiger partial charge < -0.3 is 15.0 Å². The largest absolute Gasteiger partial charge is 0.444 e. The highest BCUT2D eigenvalue weighted by Crippen LogP contribution is 2.46. The van der Waals surface area contributed by atoms with E-state index in [-0.39, 0.29) is 37.6 Å². The van der Waals surface area contributed by atoms with Crippen LogP contribution in [-0.2, 0) is 42.2 Å². The number of nitrogens with one attached hydrogen (secondary N) is 2. The lowest BCUT2D eigenvalue weighted by molar-refractivity contribution is -0.139. The van der Waals surface area contributed by atoms with Crippen molar-refractivity contribution < 1.29 is 32.3 Å². The Kier molecular flexibility index (Phi) is 7.75. The Morgan fingerprint density at radius 3 is 2.45 bits per heavy atom. The molecule has 0 bridgehead atoms. The molecule has 11 nitrogen and oxygen atoms in total. The van der Waals surface area contributed by atoms with Gasteiger partial charge in [-0.2, -0.15) is 0 Å². The van der Waals surface area contributed by atoms with Crippen LogP contribution in [-0.4, -0.2) is 71.5 Å². The average Bonchev–Trinajstić information content (AvgIpc) is 3.84. The van der Waals surface area contributed by atoms with Gasteiger partial charge in [-0.3, -0.25) is 24.0 Å². The van der Waals surface area contributed by atoms with Gasteiger partial charge in [-0.25, -0.2) is 13.2 Å². The maximum Gasteiger partial charge on any atom is 0.410 e. The van der Waals surface area contributed by atoms with Gasteiger partial charge in [-0.05, 0) is 49.7 Å². The van der Waals surface area contributed by atoms with E-state index in [1.54, 1.807) is 4.90 Å². The van der Waals surface area contributed by atoms with Crippen LogP contribution < -0.4 is 10.0 Å². The molecule has 226 valence electrons. The number of allylic oxidation sites excluding steroid dienone is 1. The van der Waals surface area contributed by atoms with Gasteiger partial charge in [0.15, 0.2) is 0 Å². The van der Waals surface area contributed by atoms with Crippen LogP contribution in [0.4, 0.5) is 4.79 Å². The number of rotatable bonds is 4. The molecule has 1 saturated heterocycles. The van der Waals surface area contributed by atoms with E-state index >= 15 is 0 Å². The summed E-state index contributed by atoms with van der Waals surface area (Å²) in [6.07, 6.45) is 8.62. The van der Waals surface area contributed by atoms with Crippen molar-refractivity contribution in [2.45, 2.75) is 100 Å². The van der Waals surface area contributed by atoms with Gasteiger partial charge >= 0.3 is 6.09 Å². The molecule has 3 heterocycles. The predicted octanol–water partition coefficient (Wildman–Crippen LogP) is 2.50. The molecular weight excluding hydrogens is 560 g/mol. The summed E-state index contributed by atoms with van der Waals surface area (Å²) < 4.78 is 33.2. The van der Waals surface area contributed by atoms with Crippen molar-refractivity contribution in [3.8, 4) is 0 Å². The van der Waals surface area contributed by atoms with E-state index in [0.717, 1.165) is 36.8 Å². The summed E-state index contributed by atoms with van der Waals surface area (Å²) in [6.45, 7) is 0.956. The van der Waals surface area contributed by atoms with E-state index in [1.165, 1.54) is 4.90 Å². The van der Waals surface area contributed by atoms with Gasteiger partial charge in [0, 0.05) is 31.8 Å². The molecule has 5 aliphatic rings. The maximum atomic E-state index is 13.8. The topological polar surface area (TPSA) is 142 Å². The highest BCUT2D eigenvalue weighted by atomic mass is 32.2. The number of carbonyl (C=O) groups is 4. The monoisotopic (exact) mass is 598 g/mol. The minimum Gasteiger partial charge on any atom is -0.444 e. The van der Waals surface area contributed by atoms with Crippen molar-refractivity contribution in [1.29, 1.82) is 0 Å². The number of nitrogens with zero attached hydrogens (tertiary/aromatic N) is 2. The Balaban J connectivity index is 1.18. The first-order valence-electron chi connectivity index (χ1n) is 15.0. The van der Waals surface area contributed by atoms with Gasteiger partial charge in [0.05, 0.1) is 11.8 Å². The lowest BCUT2D eigenvalue weighted by Gasteiger charge is -2.26. The zero-order valence-corrected chi connectivity index (χ0v) is 24.4. The summed E-state index contributed by atoms with van der Waals surface area (Å²) in [5.74, 6) is -1.83. The van der Waals surface area contributed by atoms with E-state index in [4.69, 9.17) is 4.74 Å². The van der Waals surface area contributed by atoms with Crippen molar-refractivity contribution in [3.63, 3.8) is 0 Å². The van der Waals surface area contributed by atoms with Gasteiger partial charge in [-0.1, -0.05) is 49.3 Å². The molecule has 2 aliphatic carbocycles. The third kappa shape index (κ3) is 5.91. The Morgan fingerprint density at radius 1 is 1.02 bits per heavy atom. The molecular formula is C30H38N4O7S. The number of benzene rings is 1. The van der Waals surface area contributed by atoms with E-state index in [9.17, 15) is 27.6 Å². The van der Waals surface area contributed by atoms with E-state index in [2.05, 4.69) is 10.0 Å². The van der Waals surface area contributed by atoms with Gasteiger partial charge in [0.2, 0.25) is 21.8 Å². The first kappa shape index (κ1) is 28.7. The SMILES string of the molecule is O=C1NC2(C(=O)NS(=O)(=O)C3CC3)CC2C=CCCCCCCC(=O)N2CC(OC(=O)N3Cc4ccccc4C3)CC12. The Hall–Kier alpha value is -3.41. The molecule has 0 radical (unpaired) electrons. The Labute approximate surface area is 246 Å². The number of hydrogen-bond acceptors (Lipinski definition) is 7.